The molecule has 0 aromatic heterocycles. The van der Waals surface area contributed by atoms with Gasteiger partial charge in [0, 0.05) is 35.6 Å². The first-order chi connectivity index (χ1) is 32.9. The van der Waals surface area contributed by atoms with Crippen LogP contribution in [-0.4, -0.2) is 96.8 Å². The van der Waals surface area contributed by atoms with Crippen LogP contribution in [0.25, 0.3) is 0 Å². The number of para-hydroxylation sites is 2. The number of hydrogen-bond donors (Lipinski definition) is 4. The lowest BCUT2D eigenvalue weighted by Gasteiger charge is -2.37. The molecule has 0 saturated carbocycles. The number of ether oxygens (including phenoxy) is 2. The molecule has 70 heavy (non-hydrogen) atoms. The maximum absolute atomic E-state index is 14.6. The van der Waals surface area contributed by atoms with Crippen molar-refractivity contribution in [1.82, 2.24) is 21.3 Å². The second-order valence-electron chi connectivity index (χ2n) is 19.5. The van der Waals surface area contributed by atoms with Gasteiger partial charge in [-0.2, -0.15) is 26.3 Å². The van der Waals surface area contributed by atoms with E-state index in [2.05, 4.69) is 21.3 Å². The van der Waals surface area contributed by atoms with Gasteiger partial charge in [0.05, 0.1) is 37.1 Å². The van der Waals surface area contributed by atoms with E-state index in [1.807, 2.05) is 24.3 Å². The van der Waals surface area contributed by atoms with Gasteiger partial charge < -0.3 is 40.5 Å². The summed E-state index contributed by atoms with van der Waals surface area (Å²) in [5, 5.41) is 11.3. The summed E-state index contributed by atoms with van der Waals surface area (Å²) in [6, 6.07) is 9.89. The molecular formula is C50H56F6N6O6S2. The van der Waals surface area contributed by atoms with Crippen molar-refractivity contribution in [3.63, 3.8) is 0 Å². The number of fused-ring (bicyclic) bond motifs is 6. The van der Waals surface area contributed by atoms with Crippen molar-refractivity contribution in [3.8, 4) is 0 Å². The normalized spacial score (nSPS) is 26.7. The van der Waals surface area contributed by atoms with E-state index in [-0.39, 0.29) is 36.3 Å². The summed E-state index contributed by atoms with van der Waals surface area (Å²) in [6.07, 6.45) is -2.94. The molecule has 3 aliphatic heterocycles. The van der Waals surface area contributed by atoms with Crippen molar-refractivity contribution < 1.29 is 55.0 Å². The molecule has 5 aliphatic rings. The summed E-state index contributed by atoms with van der Waals surface area (Å²) in [4.78, 5) is 59.6. The molecule has 0 spiro atoms. The predicted octanol–water partition coefficient (Wildman–Crippen LogP) is 7.63. The Morgan fingerprint density at radius 1 is 0.600 bits per heavy atom. The lowest BCUT2D eigenvalue weighted by molar-refractivity contribution is -0.149. The molecular weight excluding hydrogens is 959 g/mol. The Labute approximate surface area is 413 Å². The van der Waals surface area contributed by atoms with Gasteiger partial charge in [0.2, 0.25) is 11.8 Å². The van der Waals surface area contributed by atoms with Crippen LogP contribution in [0.15, 0.2) is 96.1 Å². The molecule has 2 amide bonds. The number of thiocarbonyl (C=S) groups is 2. The van der Waals surface area contributed by atoms with Crippen LogP contribution < -0.4 is 31.1 Å². The molecule has 20 heteroatoms. The van der Waals surface area contributed by atoms with Crippen LogP contribution in [0.3, 0.4) is 0 Å². The fourth-order valence-electron chi connectivity index (χ4n) is 9.33. The number of rotatable bonds is 2. The van der Waals surface area contributed by atoms with Crippen molar-refractivity contribution in [2.24, 2.45) is 22.7 Å². The smallest absolute Gasteiger partial charge is 0.412 e. The highest BCUT2D eigenvalue weighted by Gasteiger charge is 2.44. The number of amides is 2. The molecule has 2 aliphatic carbocycles. The third-order valence-electron chi connectivity index (χ3n) is 13.6. The van der Waals surface area contributed by atoms with E-state index < -0.39 is 107 Å². The highest BCUT2D eigenvalue weighted by Crippen LogP contribution is 2.38. The van der Waals surface area contributed by atoms with Gasteiger partial charge in [0.1, 0.15) is 12.1 Å². The number of allylic oxidation sites excluding steroid dienone is 2. The number of anilines is 2. The summed E-state index contributed by atoms with van der Waals surface area (Å²) in [5.41, 5.74) is -1.06. The summed E-state index contributed by atoms with van der Waals surface area (Å²) in [6.45, 7) is 6.80. The van der Waals surface area contributed by atoms with Crippen LogP contribution in [0.2, 0.25) is 0 Å². The van der Waals surface area contributed by atoms with Crippen molar-refractivity contribution in [2.45, 2.75) is 103 Å². The zero-order chi connectivity index (χ0) is 50.8. The number of nitrogens with zero attached hydrogens (tertiary/aromatic N) is 2. The number of esters is 2. The number of carbonyl (C=O) groups excluding carboxylic acids is 4. The molecule has 2 aromatic rings. The quantitative estimate of drug-likeness (QED) is 0.102. The average molecular weight is 1020 g/mol. The van der Waals surface area contributed by atoms with Gasteiger partial charge in [0.25, 0.3) is 0 Å². The van der Waals surface area contributed by atoms with Crippen LogP contribution in [-0.2, 0) is 41.5 Å². The molecule has 4 bridgehead atoms. The van der Waals surface area contributed by atoms with E-state index in [0.717, 1.165) is 23.3 Å². The maximum Gasteiger partial charge on any atom is 0.412 e. The van der Waals surface area contributed by atoms with E-state index >= 15 is 0 Å². The molecule has 6 unspecified atom stereocenters. The fourth-order valence-corrected chi connectivity index (χ4v) is 9.84. The number of halogens is 6. The van der Waals surface area contributed by atoms with E-state index in [1.54, 1.807) is 61.8 Å². The average Bonchev–Trinajstić information content (AvgIpc) is 3.77. The van der Waals surface area contributed by atoms with Crippen molar-refractivity contribution in [2.75, 3.05) is 36.1 Å². The van der Waals surface area contributed by atoms with E-state index in [0.29, 0.717) is 37.3 Å². The molecule has 0 fully saturated rings. The van der Waals surface area contributed by atoms with Gasteiger partial charge >= 0.3 is 24.3 Å². The summed E-state index contributed by atoms with van der Waals surface area (Å²) >= 11 is 11.3. The lowest BCUT2D eigenvalue weighted by Crippen LogP contribution is -2.58. The van der Waals surface area contributed by atoms with Gasteiger partial charge in [-0.3, -0.25) is 19.2 Å². The molecule has 3 heterocycles. The Morgan fingerprint density at radius 2 is 0.971 bits per heavy atom. The first-order valence-corrected chi connectivity index (χ1v) is 23.9. The Hall–Kier alpha value is -5.76. The second-order valence-corrected chi connectivity index (χ2v) is 20.3. The highest BCUT2D eigenvalue weighted by atomic mass is 32.1. The van der Waals surface area contributed by atoms with Crippen molar-refractivity contribution >= 4 is 69.8 Å². The summed E-state index contributed by atoms with van der Waals surface area (Å²) in [7, 11) is 0. The van der Waals surface area contributed by atoms with Gasteiger partial charge in [-0.15, -0.1) is 0 Å². The third-order valence-corrected chi connectivity index (χ3v) is 14.0. The molecule has 0 saturated heterocycles. The van der Waals surface area contributed by atoms with Crippen LogP contribution >= 0.6 is 24.4 Å². The first-order valence-electron chi connectivity index (χ1n) is 23.1. The summed E-state index contributed by atoms with van der Waals surface area (Å²) in [5.74, 6) is -5.49. The largest absolute Gasteiger partial charge is 0.465 e. The van der Waals surface area contributed by atoms with Gasteiger partial charge in [-0.05, 0) is 97.1 Å². The van der Waals surface area contributed by atoms with E-state index in [9.17, 15) is 45.5 Å². The molecule has 0 radical (unpaired) electrons. The van der Waals surface area contributed by atoms with Crippen LogP contribution in [0.5, 0.6) is 0 Å². The minimum atomic E-state index is -4.85. The molecule has 6 atom stereocenters. The van der Waals surface area contributed by atoms with Crippen molar-refractivity contribution in [1.29, 1.82) is 0 Å². The number of nitrogens with one attached hydrogen (secondary N) is 4. The first kappa shape index (κ1) is 52.1. The zero-order valence-corrected chi connectivity index (χ0v) is 40.7. The fraction of sp³-hybridized carbons (Fsp3) is 0.480. The Bertz CT molecular complexity index is 2340. The number of cyclic esters (lactones) is 2. The minimum absolute atomic E-state index is 0.00668. The molecule has 2 aromatic carbocycles. The minimum Gasteiger partial charge on any atom is -0.465 e. The lowest BCUT2D eigenvalue weighted by atomic mass is 9.80. The van der Waals surface area contributed by atoms with Crippen LogP contribution in [0.4, 0.5) is 37.7 Å². The molecule has 4 N–H and O–H groups in total. The Balaban J connectivity index is 1.21. The molecule has 376 valence electrons. The summed E-state index contributed by atoms with van der Waals surface area (Å²) < 4.78 is 99.0. The van der Waals surface area contributed by atoms with E-state index in [1.165, 1.54) is 24.3 Å². The standard InChI is InChI=1S/C50H56F6N6O6S2/c1-47(2)19-23-67-43(65)31-13-16-36(28-33(25-31)49(51,52)53)58-46(70)60-40(42(64)62-22-18-30-10-6-8-12-38(30)62)48(3,4)20-24-68-44(66)32-14-15-35(27-34(26-32)50(54,55)56)57-45(69)59-39(47)41(63)61-21-17-29-9-5-7-11-37(29)61/h5-16,27-28,31-32,35-36,39-40H,17-26H2,1-4H3,(H2,57,59,69)(H2,58,60,70). The highest BCUT2D eigenvalue weighted by molar-refractivity contribution is 7.80. The SMILES string of the molecule is CC1(C)CCOC(=O)C2C=CC(C=C(C(F)(F)F)C2)NC(=S)NC(C(=O)N2CCc3ccccc32)C(C)(C)CCOC(=O)C2C=CC(C=C(C(F)(F)F)C2)NC(=S)NC1C(=O)N1CCc2ccccc21. The Morgan fingerprint density at radius 3 is 1.34 bits per heavy atom. The number of benzene rings is 2. The molecule has 7 rings (SSSR count). The van der Waals surface area contributed by atoms with Gasteiger partial charge in [-0.25, -0.2) is 0 Å². The zero-order valence-electron chi connectivity index (χ0n) is 39.0. The van der Waals surface area contributed by atoms with Crippen molar-refractivity contribution in [3.05, 3.63) is 107 Å². The van der Waals surface area contributed by atoms with E-state index in [4.69, 9.17) is 33.9 Å². The number of hydrogen-bond acceptors (Lipinski definition) is 8. The number of carbonyl (C=O) groups is 4. The van der Waals surface area contributed by atoms with Gasteiger partial charge in [-0.1, -0.05) is 101 Å². The maximum atomic E-state index is 14.6. The monoisotopic (exact) mass is 1010 g/mol. The van der Waals surface area contributed by atoms with Crippen LogP contribution in [0.1, 0.15) is 64.5 Å². The third kappa shape index (κ3) is 12.2. The topological polar surface area (TPSA) is 141 Å². The van der Waals surface area contributed by atoms with Gasteiger partial charge in [0.15, 0.2) is 10.2 Å². The Kier molecular flexibility index (Phi) is 15.6. The number of alkyl halides is 6. The molecule has 12 nitrogen and oxygen atoms in total. The predicted molar refractivity (Wildman–Crippen MR) is 259 cm³/mol. The second kappa shape index (κ2) is 20.9. The van der Waals surface area contributed by atoms with Crippen LogP contribution in [0, 0.1) is 22.7 Å².